The molecule has 4 aromatic rings. The number of methoxy groups -OCH3 is 1. The second-order valence-corrected chi connectivity index (χ2v) is 8.76. The van der Waals surface area contributed by atoms with E-state index >= 15 is 0 Å². The van der Waals surface area contributed by atoms with Crippen LogP contribution < -0.4 is 10.3 Å². The number of aromatic nitrogens is 6. The van der Waals surface area contributed by atoms with Crippen LogP contribution in [0.5, 0.6) is 5.75 Å². The Kier molecular flexibility index (Phi) is 4.90. The lowest BCUT2D eigenvalue weighted by Crippen LogP contribution is -2.12. The number of nitrogens with zero attached hydrogens (tertiary/aromatic N) is 5. The molecule has 0 radical (unpaired) electrons. The second-order valence-electron chi connectivity index (χ2n) is 6.25. The summed E-state index contributed by atoms with van der Waals surface area (Å²) in [4.78, 5) is 22.0. The van der Waals surface area contributed by atoms with Crippen molar-refractivity contribution in [3.63, 3.8) is 0 Å². The number of fused-ring (bicyclic) bond motifs is 1. The minimum absolute atomic E-state index is 0.107. The first-order valence-electron chi connectivity index (χ1n) is 8.57. The molecular formula is C18H18N6O2S2. The van der Waals surface area contributed by atoms with Crippen LogP contribution in [0.3, 0.4) is 0 Å². The van der Waals surface area contributed by atoms with Crippen molar-refractivity contribution in [2.45, 2.75) is 31.2 Å². The Morgan fingerprint density at radius 1 is 1.25 bits per heavy atom. The number of aromatic amines is 1. The van der Waals surface area contributed by atoms with Crippen LogP contribution in [0.15, 0.2) is 34.2 Å². The van der Waals surface area contributed by atoms with Gasteiger partial charge in [0.15, 0.2) is 0 Å². The van der Waals surface area contributed by atoms with E-state index in [4.69, 9.17) is 4.74 Å². The number of H-pyrrole nitrogens is 1. The van der Waals surface area contributed by atoms with Crippen molar-refractivity contribution in [2.75, 3.05) is 7.11 Å². The molecule has 3 heterocycles. The summed E-state index contributed by atoms with van der Waals surface area (Å²) in [5, 5.41) is 13.1. The SMILES string of the molecule is COc1ccc(-n2nnnc2S[C@H](C)c2nc3sc(C)c(C)c3c(=O)[nH]2)cc1. The van der Waals surface area contributed by atoms with E-state index in [1.165, 1.54) is 23.1 Å². The molecule has 1 N–H and O–H groups in total. The fraction of sp³-hybridized carbons (Fsp3) is 0.278. The quantitative estimate of drug-likeness (QED) is 0.500. The van der Waals surface area contributed by atoms with Crippen molar-refractivity contribution in [3.05, 3.63) is 50.9 Å². The van der Waals surface area contributed by atoms with Crippen molar-refractivity contribution in [1.29, 1.82) is 0 Å². The molecule has 0 aliphatic heterocycles. The molecule has 3 aromatic heterocycles. The average Bonchev–Trinajstić information content (AvgIpc) is 3.26. The van der Waals surface area contributed by atoms with Crippen LogP contribution in [0.4, 0.5) is 0 Å². The van der Waals surface area contributed by atoms with E-state index in [2.05, 4.69) is 25.5 Å². The fourth-order valence-electron chi connectivity index (χ4n) is 2.82. The average molecular weight is 415 g/mol. The Morgan fingerprint density at radius 2 is 2.00 bits per heavy atom. The summed E-state index contributed by atoms with van der Waals surface area (Å²) in [6.07, 6.45) is 0. The maximum atomic E-state index is 12.5. The molecule has 0 unspecified atom stereocenters. The molecule has 0 saturated heterocycles. The molecule has 0 amide bonds. The molecule has 4 rings (SSSR count). The smallest absolute Gasteiger partial charge is 0.259 e. The van der Waals surface area contributed by atoms with Crippen LogP contribution in [-0.4, -0.2) is 37.3 Å². The van der Waals surface area contributed by atoms with Gasteiger partial charge in [-0.2, -0.15) is 4.68 Å². The minimum Gasteiger partial charge on any atom is -0.497 e. The van der Waals surface area contributed by atoms with Gasteiger partial charge in [-0.1, -0.05) is 11.8 Å². The Hall–Kier alpha value is -2.72. The van der Waals surface area contributed by atoms with Gasteiger partial charge in [0.05, 0.1) is 23.4 Å². The number of nitrogens with one attached hydrogen (secondary N) is 1. The molecule has 8 nitrogen and oxygen atoms in total. The molecule has 1 aromatic carbocycles. The lowest BCUT2D eigenvalue weighted by atomic mass is 10.2. The van der Waals surface area contributed by atoms with Crippen molar-refractivity contribution < 1.29 is 4.74 Å². The highest BCUT2D eigenvalue weighted by molar-refractivity contribution is 7.99. The molecule has 10 heteroatoms. The lowest BCUT2D eigenvalue weighted by molar-refractivity contribution is 0.414. The van der Waals surface area contributed by atoms with Gasteiger partial charge < -0.3 is 9.72 Å². The van der Waals surface area contributed by atoms with E-state index in [1.54, 1.807) is 11.8 Å². The van der Waals surface area contributed by atoms with Crippen molar-refractivity contribution in [1.82, 2.24) is 30.2 Å². The summed E-state index contributed by atoms with van der Waals surface area (Å²) < 4.78 is 6.84. The molecule has 0 bridgehead atoms. The summed E-state index contributed by atoms with van der Waals surface area (Å²) in [5.41, 5.74) is 1.70. The van der Waals surface area contributed by atoms with E-state index < -0.39 is 0 Å². The molecule has 0 fully saturated rings. The summed E-state index contributed by atoms with van der Waals surface area (Å²) in [6, 6.07) is 7.47. The van der Waals surface area contributed by atoms with E-state index in [1.807, 2.05) is 45.0 Å². The number of thiophene rings is 1. The van der Waals surface area contributed by atoms with Crippen LogP contribution in [0.1, 0.15) is 28.4 Å². The van der Waals surface area contributed by atoms with Gasteiger partial charge in [0, 0.05) is 4.88 Å². The number of hydrogen-bond donors (Lipinski definition) is 1. The third-order valence-corrected chi connectivity index (χ3v) is 6.63. The normalized spacial score (nSPS) is 12.4. The van der Waals surface area contributed by atoms with Crippen LogP contribution in [0.2, 0.25) is 0 Å². The van der Waals surface area contributed by atoms with Crippen molar-refractivity contribution in [2.24, 2.45) is 0 Å². The molecule has 0 aliphatic rings. The van der Waals surface area contributed by atoms with Crippen LogP contribution in [0, 0.1) is 13.8 Å². The number of aryl methyl sites for hydroxylation is 2. The van der Waals surface area contributed by atoms with E-state index in [-0.39, 0.29) is 10.8 Å². The zero-order chi connectivity index (χ0) is 19.8. The lowest BCUT2D eigenvalue weighted by Gasteiger charge is -2.10. The van der Waals surface area contributed by atoms with Gasteiger partial charge in [-0.25, -0.2) is 4.98 Å². The molecule has 28 heavy (non-hydrogen) atoms. The second kappa shape index (κ2) is 7.36. The standard InChI is InChI=1S/C18H18N6O2S2/c1-9-10(2)27-17-14(9)16(25)19-15(20-17)11(3)28-18-21-22-23-24(18)12-5-7-13(26-4)8-6-12/h5-8,11H,1-4H3,(H,19,20,25)/t11-/m1/s1. The Labute approximate surface area is 169 Å². The van der Waals surface area contributed by atoms with Crippen molar-refractivity contribution >= 4 is 33.3 Å². The van der Waals surface area contributed by atoms with Gasteiger partial charge in [-0.15, -0.1) is 16.4 Å². The van der Waals surface area contributed by atoms with Crippen LogP contribution >= 0.6 is 23.1 Å². The molecule has 1 atom stereocenters. The summed E-state index contributed by atoms with van der Waals surface area (Å²) in [6.45, 7) is 5.92. The van der Waals surface area contributed by atoms with Gasteiger partial charge in [0.1, 0.15) is 16.4 Å². The number of benzene rings is 1. The zero-order valence-electron chi connectivity index (χ0n) is 15.8. The number of thioether (sulfide) groups is 1. The highest BCUT2D eigenvalue weighted by Crippen LogP contribution is 2.34. The first kappa shape index (κ1) is 18.6. The van der Waals surface area contributed by atoms with Gasteiger partial charge >= 0.3 is 0 Å². The van der Waals surface area contributed by atoms with Crippen LogP contribution in [0.25, 0.3) is 15.9 Å². The number of hydrogen-bond acceptors (Lipinski definition) is 8. The summed E-state index contributed by atoms with van der Waals surface area (Å²) in [5.74, 6) is 1.36. The summed E-state index contributed by atoms with van der Waals surface area (Å²) in [7, 11) is 1.62. The molecule has 0 aliphatic carbocycles. The minimum atomic E-state index is -0.136. The zero-order valence-corrected chi connectivity index (χ0v) is 17.4. The first-order valence-corrected chi connectivity index (χ1v) is 10.3. The van der Waals surface area contributed by atoms with Crippen molar-refractivity contribution in [3.8, 4) is 11.4 Å². The Morgan fingerprint density at radius 3 is 2.71 bits per heavy atom. The Balaban J connectivity index is 1.64. The highest BCUT2D eigenvalue weighted by Gasteiger charge is 2.19. The number of ether oxygens (including phenoxy) is 1. The van der Waals surface area contributed by atoms with Gasteiger partial charge in [-0.3, -0.25) is 4.79 Å². The molecular weight excluding hydrogens is 396 g/mol. The monoisotopic (exact) mass is 414 g/mol. The largest absolute Gasteiger partial charge is 0.497 e. The maximum Gasteiger partial charge on any atom is 0.259 e. The summed E-state index contributed by atoms with van der Waals surface area (Å²) >= 11 is 2.97. The number of rotatable bonds is 5. The topological polar surface area (TPSA) is 98.6 Å². The third kappa shape index (κ3) is 3.29. The van der Waals surface area contributed by atoms with E-state index in [9.17, 15) is 4.79 Å². The maximum absolute atomic E-state index is 12.5. The fourth-order valence-corrected chi connectivity index (χ4v) is 4.72. The predicted molar refractivity (Wildman–Crippen MR) is 110 cm³/mol. The van der Waals surface area contributed by atoms with Crippen LogP contribution in [-0.2, 0) is 0 Å². The highest BCUT2D eigenvalue weighted by atomic mass is 32.2. The van der Waals surface area contributed by atoms with E-state index in [0.29, 0.717) is 16.4 Å². The number of tetrazole rings is 1. The van der Waals surface area contributed by atoms with Gasteiger partial charge in [0.25, 0.3) is 5.56 Å². The molecule has 0 spiro atoms. The molecule has 0 saturated carbocycles. The first-order chi connectivity index (χ1) is 13.5. The van der Waals surface area contributed by atoms with E-state index in [0.717, 1.165) is 26.7 Å². The Bertz CT molecular complexity index is 1200. The van der Waals surface area contributed by atoms with Gasteiger partial charge in [0.2, 0.25) is 5.16 Å². The molecule has 144 valence electrons. The predicted octanol–water partition coefficient (Wildman–Crippen LogP) is 3.44. The third-order valence-electron chi connectivity index (χ3n) is 4.48. The van der Waals surface area contributed by atoms with Gasteiger partial charge in [-0.05, 0) is 61.0 Å².